The second-order valence-corrected chi connectivity index (χ2v) is 11.4. The van der Waals surface area contributed by atoms with Gasteiger partial charge in [-0.1, -0.05) is 6.07 Å². The van der Waals surface area contributed by atoms with Crippen molar-refractivity contribution in [1.29, 1.82) is 5.26 Å². The summed E-state index contributed by atoms with van der Waals surface area (Å²) in [5.74, 6) is 2.28. The number of aromatic nitrogens is 5. The standard InChI is InChI=1S/C31H30N8O3/c1-31(2,40)26-14-35-30(42-26)21-8-25(29-22(10-32)13-36-39(29)16-21)20-5-6-27(33-12-20)37-17-23-9-24(18-37)38(23)15-19-4-7-28(41-3)34-11-19/h4-8,11-14,16,23-24,40H,9,15,17-18H2,1-3H3. The molecule has 212 valence electrons. The minimum absolute atomic E-state index is 0.358. The molecule has 5 aromatic heterocycles. The van der Waals surface area contributed by atoms with E-state index >= 15 is 0 Å². The molecule has 0 amide bonds. The molecular weight excluding hydrogens is 532 g/mol. The highest BCUT2D eigenvalue weighted by atomic mass is 16.5. The van der Waals surface area contributed by atoms with Gasteiger partial charge in [-0.15, -0.1) is 0 Å². The van der Waals surface area contributed by atoms with Crippen molar-refractivity contribution in [2.24, 2.45) is 0 Å². The van der Waals surface area contributed by atoms with Gasteiger partial charge in [0.1, 0.15) is 17.5 Å². The summed E-state index contributed by atoms with van der Waals surface area (Å²) in [6.45, 7) is 6.01. The smallest absolute Gasteiger partial charge is 0.227 e. The van der Waals surface area contributed by atoms with Gasteiger partial charge in [-0.05, 0) is 44.0 Å². The van der Waals surface area contributed by atoms with Gasteiger partial charge in [-0.25, -0.2) is 19.5 Å². The van der Waals surface area contributed by atoms with Crippen molar-refractivity contribution in [3.8, 4) is 34.5 Å². The molecule has 1 N–H and O–H groups in total. The third-order valence-electron chi connectivity index (χ3n) is 8.19. The van der Waals surface area contributed by atoms with Crippen LogP contribution in [0.25, 0.3) is 28.1 Å². The van der Waals surface area contributed by atoms with Crippen molar-refractivity contribution in [1.82, 2.24) is 29.5 Å². The molecule has 0 aliphatic carbocycles. The molecule has 2 atom stereocenters. The van der Waals surface area contributed by atoms with Crippen LogP contribution in [-0.4, -0.2) is 66.9 Å². The Morgan fingerprint density at radius 1 is 1.05 bits per heavy atom. The number of ether oxygens (including phenoxy) is 1. The minimum Gasteiger partial charge on any atom is -0.481 e. The fourth-order valence-corrected chi connectivity index (χ4v) is 5.93. The molecule has 2 unspecified atom stereocenters. The largest absolute Gasteiger partial charge is 0.481 e. The molecule has 3 saturated heterocycles. The number of hydrogen-bond donors (Lipinski definition) is 1. The Hall–Kier alpha value is -4.79. The fraction of sp³-hybridized carbons (Fsp3) is 0.323. The Bertz CT molecular complexity index is 1790. The van der Waals surface area contributed by atoms with Crippen LogP contribution in [0, 0.1) is 11.3 Å². The van der Waals surface area contributed by atoms with Gasteiger partial charge in [-0.3, -0.25) is 4.90 Å². The van der Waals surface area contributed by atoms with Crippen LogP contribution in [-0.2, 0) is 12.1 Å². The van der Waals surface area contributed by atoms with Crippen LogP contribution in [0.15, 0.2) is 65.7 Å². The molecule has 8 rings (SSSR count). The topological polar surface area (TPSA) is 129 Å². The Morgan fingerprint density at radius 2 is 1.88 bits per heavy atom. The highest BCUT2D eigenvalue weighted by Crippen LogP contribution is 2.37. The molecule has 42 heavy (non-hydrogen) atoms. The van der Waals surface area contributed by atoms with Gasteiger partial charge in [0, 0.05) is 67.5 Å². The van der Waals surface area contributed by atoms with Gasteiger partial charge in [0.25, 0.3) is 0 Å². The van der Waals surface area contributed by atoms with E-state index in [1.807, 2.05) is 36.7 Å². The first-order valence-electron chi connectivity index (χ1n) is 13.9. The lowest BCUT2D eigenvalue weighted by Crippen LogP contribution is -2.68. The van der Waals surface area contributed by atoms with Crippen molar-refractivity contribution in [2.45, 2.75) is 44.5 Å². The number of piperidine rings is 1. The van der Waals surface area contributed by atoms with Crippen LogP contribution in [0.5, 0.6) is 5.88 Å². The average molecular weight is 563 g/mol. The number of piperazine rings is 1. The minimum atomic E-state index is -1.16. The van der Waals surface area contributed by atoms with Gasteiger partial charge in [0.05, 0.1) is 36.1 Å². The van der Waals surface area contributed by atoms with E-state index in [1.54, 1.807) is 37.9 Å². The molecule has 0 saturated carbocycles. The van der Waals surface area contributed by atoms with E-state index in [9.17, 15) is 10.4 Å². The summed E-state index contributed by atoms with van der Waals surface area (Å²) in [6, 6.07) is 13.2. The number of aliphatic hydroxyl groups is 1. The maximum atomic E-state index is 10.3. The summed E-state index contributed by atoms with van der Waals surface area (Å²) in [7, 11) is 1.63. The van der Waals surface area contributed by atoms with Crippen molar-refractivity contribution in [2.75, 3.05) is 25.1 Å². The van der Waals surface area contributed by atoms with Crippen molar-refractivity contribution < 1.29 is 14.3 Å². The number of nitriles is 1. The summed E-state index contributed by atoms with van der Waals surface area (Å²) < 4.78 is 12.7. The molecule has 11 nitrogen and oxygen atoms in total. The van der Waals surface area contributed by atoms with Crippen molar-refractivity contribution >= 4 is 11.3 Å². The zero-order valence-electron chi connectivity index (χ0n) is 23.6. The number of anilines is 1. The van der Waals surface area contributed by atoms with Gasteiger partial charge >= 0.3 is 0 Å². The van der Waals surface area contributed by atoms with Crippen LogP contribution in [0.1, 0.15) is 37.2 Å². The molecule has 8 heterocycles. The summed E-state index contributed by atoms with van der Waals surface area (Å²) in [6.07, 6.45) is 9.78. The Labute approximate surface area is 242 Å². The highest BCUT2D eigenvalue weighted by Gasteiger charge is 2.44. The predicted octanol–water partition coefficient (Wildman–Crippen LogP) is 4.02. The first kappa shape index (κ1) is 26.1. The van der Waals surface area contributed by atoms with Crippen molar-refractivity contribution in [3.63, 3.8) is 0 Å². The van der Waals surface area contributed by atoms with E-state index in [0.717, 1.165) is 36.6 Å². The lowest BCUT2D eigenvalue weighted by molar-refractivity contribution is -0.00876. The lowest BCUT2D eigenvalue weighted by Gasteiger charge is -2.56. The first-order chi connectivity index (χ1) is 20.3. The molecule has 0 radical (unpaired) electrons. The van der Waals surface area contributed by atoms with Gasteiger partial charge in [0.2, 0.25) is 11.8 Å². The van der Waals surface area contributed by atoms with E-state index in [-0.39, 0.29) is 0 Å². The molecular formula is C31H30N8O3. The van der Waals surface area contributed by atoms with Gasteiger partial charge in [-0.2, -0.15) is 10.4 Å². The Balaban J connectivity index is 1.13. The summed E-state index contributed by atoms with van der Waals surface area (Å²) in [5, 5.41) is 24.5. The molecule has 0 aromatic carbocycles. The van der Waals surface area contributed by atoms with E-state index in [0.29, 0.717) is 46.3 Å². The van der Waals surface area contributed by atoms with Crippen molar-refractivity contribution in [3.05, 3.63) is 78.2 Å². The van der Waals surface area contributed by atoms with E-state index in [4.69, 9.17) is 14.1 Å². The molecule has 3 aliphatic heterocycles. The van der Waals surface area contributed by atoms with Crippen LogP contribution in [0.4, 0.5) is 5.82 Å². The number of rotatable bonds is 7. The number of nitrogens with zero attached hydrogens (tertiary/aromatic N) is 8. The van der Waals surface area contributed by atoms with E-state index in [1.165, 1.54) is 18.2 Å². The summed E-state index contributed by atoms with van der Waals surface area (Å²) in [4.78, 5) is 18.5. The van der Waals surface area contributed by atoms with Crippen LogP contribution >= 0.6 is 0 Å². The second kappa shape index (κ2) is 9.94. The summed E-state index contributed by atoms with van der Waals surface area (Å²) in [5.41, 5.74) is 3.51. The Kier molecular flexibility index (Phi) is 6.18. The number of oxazole rings is 1. The highest BCUT2D eigenvalue weighted by molar-refractivity contribution is 5.86. The number of methoxy groups -OCH3 is 1. The monoisotopic (exact) mass is 562 g/mol. The van der Waals surface area contributed by atoms with Crippen LogP contribution < -0.4 is 9.64 Å². The van der Waals surface area contributed by atoms with Crippen LogP contribution in [0.2, 0.25) is 0 Å². The quantitative estimate of drug-likeness (QED) is 0.311. The lowest BCUT2D eigenvalue weighted by atomic mass is 9.87. The van der Waals surface area contributed by atoms with Crippen LogP contribution in [0.3, 0.4) is 0 Å². The maximum absolute atomic E-state index is 10.3. The third kappa shape index (κ3) is 4.55. The molecule has 0 spiro atoms. The van der Waals surface area contributed by atoms with Gasteiger partial charge < -0.3 is 19.2 Å². The van der Waals surface area contributed by atoms with Gasteiger partial charge in [0.15, 0.2) is 5.76 Å². The SMILES string of the molecule is COc1ccc(CN2C3CC2CN(c2ccc(-c4cc(-c5ncc(C(C)(C)O)o5)cn5ncc(C#N)c45)cn2)C3)cn1. The number of hydrogen-bond acceptors (Lipinski definition) is 10. The summed E-state index contributed by atoms with van der Waals surface area (Å²) >= 11 is 0. The molecule has 5 aromatic rings. The Morgan fingerprint density at radius 3 is 2.52 bits per heavy atom. The zero-order valence-corrected chi connectivity index (χ0v) is 23.6. The fourth-order valence-electron chi connectivity index (χ4n) is 5.93. The molecule has 3 aliphatic rings. The molecule has 3 fully saturated rings. The van der Waals surface area contributed by atoms with E-state index < -0.39 is 5.60 Å². The van der Waals surface area contributed by atoms with E-state index in [2.05, 4.69) is 37.0 Å². The second-order valence-electron chi connectivity index (χ2n) is 11.4. The zero-order chi connectivity index (χ0) is 29.0. The number of pyridine rings is 3. The first-order valence-corrected chi connectivity index (χ1v) is 13.9. The normalized spacial score (nSPS) is 18.6. The number of fused-ring (bicyclic) bond motifs is 3. The maximum Gasteiger partial charge on any atom is 0.227 e. The predicted molar refractivity (Wildman–Crippen MR) is 155 cm³/mol. The molecule has 2 bridgehead atoms. The molecule has 11 heteroatoms. The third-order valence-corrected chi connectivity index (χ3v) is 8.19. The average Bonchev–Trinajstić information content (AvgIpc) is 3.68.